The molecule has 0 saturated heterocycles. The van der Waals surface area contributed by atoms with Gasteiger partial charge in [0, 0.05) is 12.1 Å². The lowest BCUT2D eigenvalue weighted by Gasteiger charge is -2.31. The standard InChI is InChI=1S/C17H25ClN2O4/c1-10(5-6-12-7-8-13(18)14(21)9-12)19-15(22)17(3,4)11(2)20-16(23)24/h7-11,20-21H,5-6H2,1-4H3,(H,19,22)(H,23,24)/t10-,11-/m0/s1. The lowest BCUT2D eigenvalue weighted by molar-refractivity contribution is -0.131. The van der Waals surface area contributed by atoms with E-state index in [-0.39, 0.29) is 17.7 Å². The summed E-state index contributed by atoms with van der Waals surface area (Å²) in [6.45, 7) is 6.95. The number of amides is 2. The first-order valence-corrected chi connectivity index (χ1v) is 8.19. The third kappa shape index (κ3) is 5.60. The number of hydrogen-bond donors (Lipinski definition) is 4. The smallest absolute Gasteiger partial charge is 0.404 e. The minimum Gasteiger partial charge on any atom is -0.506 e. The summed E-state index contributed by atoms with van der Waals surface area (Å²) in [7, 11) is 0. The summed E-state index contributed by atoms with van der Waals surface area (Å²) in [6, 6.07) is 4.47. The van der Waals surface area contributed by atoms with Crippen molar-refractivity contribution in [1.29, 1.82) is 0 Å². The molecule has 0 unspecified atom stereocenters. The van der Waals surface area contributed by atoms with Crippen LogP contribution in [0.25, 0.3) is 0 Å². The van der Waals surface area contributed by atoms with Crippen LogP contribution in [0, 0.1) is 5.41 Å². The van der Waals surface area contributed by atoms with Crippen LogP contribution in [0.3, 0.4) is 0 Å². The van der Waals surface area contributed by atoms with Gasteiger partial charge in [0.05, 0.1) is 10.4 Å². The Morgan fingerprint density at radius 2 is 1.88 bits per heavy atom. The molecule has 7 heteroatoms. The molecule has 24 heavy (non-hydrogen) atoms. The summed E-state index contributed by atoms with van der Waals surface area (Å²) in [6.07, 6.45) is 0.207. The van der Waals surface area contributed by atoms with E-state index < -0.39 is 17.6 Å². The zero-order valence-electron chi connectivity index (χ0n) is 14.4. The van der Waals surface area contributed by atoms with Crippen LogP contribution in [-0.2, 0) is 11.2 Å². The topological polar surface area (TPSA) is 98.7 Å². The Labute approximate surface area is 147 Å². The predicted octanol–water partition coefficient (Wildman–Crippen LogP) is 3.17. The highest BCUT2D eigenvalue weighted by Crippen LogP contribution is 2.25. The summed E-state index contributed by atoms with van der Waals surface area (Å²) in [4.78, 5) is 23.1. The molecule has 0 aliphatic rings. The number of nitrogens with one attached hydrogen (secondary N) is 2. The van der Waals surface area contributed by atoms with Crippen molar-refractivity contribution < 1.29 is 19.8 Å². The van der Waals surface area contributed by atoms with Crippen LogP contribution in [-0.4, -0.2) is 34.3 Å². The molecular weight excluding hydrogens is 332 g/mol. The van der Waals surface area contributed by atoms with E-state index in [1.54, 1.807) is 32.9 Å². The Kier molecular flexibility index (Phi) is 6.90. The summed E-state index contributed by atoms with van der Waals surface area (Å²) in [5.74, 6) is -0.171. The molecule has 2 atom stereocenters. The Bertz CT molecular complexity index is 604. The van der Waals surface area contributed by atoms with Crippen molar-refractivity contribution in [2.24, 2.45) is 5.41 Å². The molecule has 1 aromatic rings. The van der Waals surface area contributed by atoms with Crippen LogP contribution in [0.15, 0.2) is 18.2 Å². The van der Waals surface area contributed by atoms with Crippen molar-refractivity contribution in [2.45, 2.75) is 52.6 Å². The molecule has 0 saturated carbocycles. The van der Waals surface area contributed by atoms with Gasteiger partial charge in [0.1, 0.15) is 5.75 Å². The highest BCUT2D eigenvalue weighted by molar-refractivity contribution is 6.32. The fourth-order valence-corrected chi connectivity index (χ4v) is 2.26. The molecule has 0 bridgehead atoms. The molecule has 0 aromatic heterocycles. The first-order chi connectivity index (χ1) is 11.0. The van der Waals surface area contributed by atoms with Gasteiger partial charge in [0.25, 0.3) is 0 Å². The second-order valence-corrected chi connectivity index (χ2v) is 7.00. The number of aromatic hydroxyl groups is 1. The van der Waals surface area contributed by atoms with Gasteiger partial charge in [-0.1, -0.05) is 17.7 Å². The van der Waals surface area contributed by atoms with Gasteiger partial charge >= 0.3 is 6.09 Å². The van der Waals surface area contributed by atoms with Gasteiger partial charge in [-0.3, -0.25) is 4.79 Å². The van der Waals surface area contributed by atoms with Gasteiger partial charge in [-0.05, 0) is 58.2 Å². The third-order valence-corrected chi connectivity index (χ3v) is 4.58. The Morgan fingerprint density at radius 3 is 2.42 bits per heavy atom. The first-order valence-electron chi connectivity index (χ1n) is 7.82. The number of phenolic OH excluding ortho intramolecular Hbond substituents is 1. The molecule has 1 rings (SSSR count). The molecule has 6 nitrogen and oxygen atoms in total. The molecule has 0 heterocycles. The van der Waals surface area contributed by atoms with E-state index in [0.717, 1.165) is 5.56 Å². The molecule has 0 aliphatic heterocycles. The van der Waals surface area contributed by atoms with E-state index >= 15 is 0 Å². The first kappa shape index (κ1) is 20.1. The molecular formula is C17H25ClN2O4. The van der Waals surface area contributed by atoms with Crippen molar-refractivity contribution in [3.63, 3.8) is 0 Å². The predicted molar refractivity (Wildman–Crippen MR) is 93.4 cm³/mol. The Balaban J connectivity index is 2.56. The van der Waals surface area contributed by atoms with Gasteiger partial charge < -0.3 is 20.8 Å². The number of aryl methyl sites for hydroxylation is 1. The van der Waals surface area contributed by atoms with Crippen molar-refractivity contribution in [2.75, 3.05) is 0 Å². The van der Waals surface area contributed by atoms with E-state index in [2.05, 4.69) is 10.6 Å². The maximum Gasteiger partial charge on any atom is 0.404 e. The van der Waals surface area contributed by atoms with Gasteiger partial charge in [-0.15, -0.1) is 0 Å². The number of phenols is 1. The van der Waals surface area contributed by atoms with E-state index in [1.165, 1.54) is 0 Å². The van der Waals surface area contributed by atoms with E-state index in [0.29, 0.717) is 17.9 Å². The van der Waals surface area contributed by atoms with Crippen LogP contribution >= 0.6 is 11.6 Å². The quantitative estimate of drug-likeness (QED) is 0.603. The fraction of sp³-hybridized carbons (Fsp3) is 0.529. The summed E-state index contributed by atoms with van der Waals surface area (Å²) in [5, 5.41) is 23.9. The average Bonchev–Trinajstić information content (AvgIpc) is 2.47. The summed E-state index contributed by atoms with van der Waals surface area (Å²) < 4.78 is 0. The number of carbonyl (C=O) groups excluding carboxylic acids is 1. The second kappa shape index (κ2) is 8.24. The maximum atomic E-state index is 12.4. The lowest BCUT2D eigenvalue weighted by atomic mass is 9.84. The Morgan fingerprint density at radius 1 is 1.25 bits per heavy atom. The van der Waals surface area contributed by atoms with E-state index in [1.807, 2.05) is 13.0 Å². The number of carbonyl (C=O) groups is 2. The largest absolute Gasteiger partial charge is 0.506 e. The Hall–Kier alpha value is -1.95. The van der Waals surface area contributed by atoms with Crippen molar-refractivity contribution in [3.8, 4) is 5.75 Å². The summed E-state index contributed by atoms with van der Waals surface area (Å²) in [5.41, 5.74) is 0.0590. The van der Waals surface area contributed by atoms with Gasteiger partial charge in [-0.25, -0.2) is 4.79 Å². The fourth-order valence-electron chi connectivity index (χ4n) is 2.14. The van der Waals surface area contributed by atoms with E-state index in [9.17, 15) is 14.7 Å². The van der Waals surface area contributed by atoms with Crippen LogP contribution < -0.4 is 10.6 Å². The highest BCUT2D eigenvalue weighted by Gasteiger charge is 2.35. The molecule has 4 N–H and O–H groups in total. The molecule has 1 aromatic carbocycles. The van der Waals surface area contributed by atoms with Gasteiger partial charge in [0.2, 0.25) is 5.91 Å². The third-order valence-electron chi connectivity index (χ3n) is 4.26. The van der Waals surface area contributed by atoms with Gasteiger partial charge in [-0.2, -0.15) is 0 Å². The van der Waals surface area contributed by atoms with Crippen LogP contribution in [0.4, 0.5) is 4.79 Å². The second-order valence-electron chi connectivity index (χ2n) is 6.59. The number of benzene rings is 1. The monoisotopic (exact) mass is 356 g/mol. The number of rotatable bonds is 7. The molecule has 0 radical (unpaired) electrons. The normalized spacial score (nSPS) is 13.9. The molecule has 0 aliphatic carbocycles. The summed E-state index contributed by atoms with van der Waals surface area (Å²) >= 11 is 5.77. The number of carboxylic acid groups (broad SMARTS) is 1. The van der Waals surface area contributed by atoms with Crippen LogP contribution in [0.2, 0.25) is 5.02 Å². The highest BCUT2D eigenvalue weighted by atomic mass is 35.5. The lowest BCUT2D eigenvalue weighted by Crippen LogP contribution is -2.52. The van der Waals surface area contributed by atoms with Crippen molar-refractivity contribution in [3.05, 3.63) is 28.8 Å². The van der Waals surface area contributed by atoms with Crippen molar-refractivity contribution in [1.82, 2.24) is 10.6 Å². The average molecular weight is 357 g/mol. The minimum atomic E-state index is -1.15. The number of hydrogen-bond acceptors (Lipinski definition) is 3. The van der Waals surface area contributed by atoms with Crippen LogP contribution in [0.5, 0.6) is 5.75 Å². The van der Waals surface area contributed by atoms with Crippen molar-refractivity contribution >= 4 is 23.6 Å². The minimum absolute atomic E-state index is 0.0422. The van der Waals surface area contributed by atoms with Gasteiger partial charge in [0.15, 0.2) is 0 Å². The SMILES string of the molecule is C[C@H](NC(=O)O)C(C)(C)C(=O)N[C@@H](C)CCc1ccc(Cl)c(O)c1. The molecule has 0 fully saturated rings. The maximum absolute atomic E-state index is 12.4. The molecule has 2 amide bonds. The number of halogens is 1. The zero-order valence-corrected chi connectivity index (χ0v) is 15.1. The van der Waals surface area contributed by atoms with Crippen LogP contribution in [0.1, 0.15) is 39.7 Å². The zero-order chi connectivity index (χ0) is 18.5. The molecule has 134 valence electrons. The molecule has 0 spiro atoms. The van der Waals surface area contributed by atoms with E-state index in [4.69, 9.17) is 16.7 Å².